The molecule has 3 heteroatoms. The quantitative estimate of drug-likeness (QED) is 0.796. The molecular weight excluding hydrogens is 212 g/mol. The number of carbonyl (C=O) groups excluding carboxylic acids is 1. The van der Waals surface area contributed by atoms with Crippen molar-refractivity contribution < 1.29 is 4.79 Å². The van der Waals surface area contributed by atoms with Gasteiger partial charge in [0.05, 0.1) is 6.07 Å². The van der Waals surface area contributed by atoms with Gasteiger partial charge in [-0.15, -0.1) is 0 Å². The number of hydrogen-bond acceptors (Lipinski definition) is 3. The maximum absolute atomic E-state index is 12.1. The summed E-state index contributed by atoms with van der Waals surface area (Å²) in [5.74, 6) is -0.0515. The summed E-state index contributed by atoms with van der Waals surface area (Å²) < 4.78 is 0. The minimum absolute atomic E-state index is 0.0607. The predicted molar refractivity (Wildman–Crippen MR) is 64.2 cm³/mol. The van der Waals surface area contributed by atoms with Gasteiger partial charge in [0.15, 0.2) is 5.78 Å². The molecule has 17 heavy (non-hydrogen) atoms. The molecule has 0 aliphatic heterocycles. The fraction of sp³-hybridized carbons (Fsp3) is 0.500. The predicted octanol–water partition coefficient (Wildman–Crippen LogP) is 2.84. The second-order valence-electron chi connectivity index (χ2n) is 4.66. The van der Waals surface area contributed by atoms with E-state index in [0.29, 0.717) is 12.3 Å². The van der Waals surface area contributed by atoms with E-state index in [9.17, 15) is 4.79 Å². The molecule has 1 aromatic heterocycles. The van der Waals surface area contributed by atoms with Gasteiger partial charge in [-0.25, -0.2) is 0 Å². The highest BCUT2D eigenvalue weighted by atomic mass is 16.1. The molecule has 1 unspecified atom stereocenters. The summed E-state index contributed by atoms with van der Waals surface area (Å²) in [4.78, 5) is 16.0. The highest BCUT2D eigenvalue weighted by Gasteiger charge is 2.25. The van der Waals surface area contributed by atoms with E-state index in [0.717, 1.165) is 18.4 Å². The van der Waals surface area contributed by atoms with Gasteiger partial charge in [0.25, 0.3) is 0 Å². The van der Waals surface area contributed by atoms with E-state index in [4.69, 9.17) is 5.26 Å². The van der Waals surface area contributed by atoms with Gasteiger partial charge in [0, 0.05) is 18.8 Å². The molecule has 1 fully saturated rings. The molecule has 2 rings (SSSR count). The van der Waals surface area contributed by atoms with Gasteiger partial charge in [-0.05, 0) is 23.6 Å². The molecule has 1 aromatic rings. The Hall–Kier alpha value is -1.69. The van der Waals surface area contributed by atoms with Crippen LogP contribution in [0.25, 0.3) is 0 Å². The molecule has 1 aliphatic carbocycles. The molecular formula is C14H16N2O. The van der Waals surface area contributed by atoms with Crippen molar-refractivity contribution in [2.45, 2.75) is 38.0 Å². The van der Waals surface area contributed by atoms with Crippen molar-refractivity contribution in [2.75, 3.05) is 0 Å². The Bertz CT molecular complexity index is 416. The lowest BCUT2D eigenvalue weighted by atomic mass is 9.90. The number of rotatable bonds is 4. The number of nitrogens with zero attached hydrogens (tertiary/aromatic N) is 2. The fourth-order valence-corrected chi connectivity index (χ4v) is 2.51. The van der Waals surface area contributed by atoms with Crippen LogP contribution in [0.2, 0.25) is 0 Å². The van der Waals surface area contributed by atoms with Crippen LogP contribution in [0.15, 0.2) is 24.5 Å². The van der Waals surface area contributed by atoms with Crippen molar-refractivity contribution in [3.8, 4) is 6.07 Å². The lowest BCUT2D eigenvalue weighted by Gasteiger charge is -2.11. The molecule has 0 aromatic carbocycles. The van der Waals surface area contributed by atoms with Gasteiger partial charge in [-0.3, -0.25) is 9.78 Å². The zero-order valence-corrected chi connectivity index (χ0v) is 9.80. The number of pyridine rings is 1. The maximum atomic E-state index is 12.1. The summed E-state index contributed by atoms with van der Waals surface area (Å²) in [6, 6.07) is 5.62. The van der Waals surface area contributed by atoms with E-state index >= 15 is 0 Å². The molecule has 0 radical (unpaired) electrons. The van der Waals surface area contributed by atoms with Gasteiger partial charge in [0.1, 0.15) is 5.92 Å². The second kappa shape index (κ2) is 5.58. The van der Waals surface area contributed by atoms with Crippen molar-refractivity contribution in [2.24, 2.45) is 5.92 Å². The molecule has 1 saturated carbocycles. The van der Waals surface area contributed by atoms with Crippen molar-refractivity contribution in [1.29, 1.82) is 5.26 Å². The first-order valence-corrected chi connectivity index (χ1v) is 6.13. The van der Waals surface area contributed by atoms with Gasteiger partial charge in [-0.1, -0.05) is 25.7 Å². The van der Waals surface area contributed by atoms with Gasteiger partial charge >= 0.3 is 0 Å². The summed E-state index contributed by atoms with van der Waals surface area (Å²) in [6.45, 7) is 0. The highest BCUT2D eigenvalue weighted by Crippen LogP contribution is 2.30. The smallest absolute Gasteiger partial charge is 0.154 e. The van der Waals surface area contributed by atoms with Crippen molar-refractivity contribution in [1.82, 2.24) is 4.98 Å². The Morgan fingerprint density at radius 1 is 1.41 bits per heavy atom. The molecule has 3 nitrogen and oxygen atoms in total. The molecule has 0 amide bonds. The highest BCUT2D eigenvalue weighted by molar-refractivity contribution is 5.88. The van der Waals surface area contributed by atoms with E-state index in [1.54, 1.807) is 24.5 Å². The van der Waals surface area contributed by atoms with Gasteiger partial charge < -0.3 is 0 Å². The first-order chi connectivity index (χ1) is 8.31. The lowest BCUT2D eigenvalue weighted by Crippen LogP contribution is -2.14. The summed E-state index contributed by atoms with van der Waals surface area (Å²) in [5.41, 5.74) is 0.769. The number of hydrogen-bond donors (Lipinski definition) is 0. The molecule has 0 spiro atoms. The van der Waals surface area contributed by atoms with Crippen molar-refractivity contribution in [3.63, 3.8) is 0 Å². The largest absolute Gasteiger partial charge is 0.298 e. The van der Waals surface area contributed by atoms with Crippen LogP contribution in [0.1, 0.15) is 43.6 Å². The SMILES string of the molecule is N#CC(C(=O)CC1CCCC1)c1ccncc1. The zero-order chi connectivity index (χ0) is 12.1. The van der Waals surface area contributed by atoms with E-state index in [1.807, 2.05) is 0 Å². The Labute approximate surface area is 101 Å². The third-order valence-electron chi connectivity index (χ3n) is 3.46. The van der Waals surface area contributed by atoms with Crippen molar-refractivity contribution >= 4 is 5.78 Å². The Kier molecular flexibility index (Phi) is 3.87. The van der Waals surface area contributed by atoms with Crippen LogP contribution in [0.4, 0.5) is 0 Å². The van der Waals surface area contributed by atoms with E-state index in [2.05, 4.69) is 11.1 Å². The number of carbonyl (C=O) groups is 1. The van der Waals surface area contributed by atoms with Crippen LogP contribution in [0.5, 0.6) is 0 Å². The summed E-state index contributed by atoms with van der Waals surface area (Å²) in [6.07, 6.45) is 8.54. The average Bonchev–Trinajstić information content (AvgIpc) is 2.84. The summed E-state index contributed by atoms with van der Waals surface area (Å²) in [7, 11) is 0. The summed E-state index contributed by atoms with van der Waals surface area (Å²) >= 11 is 0. The minimum atomic E-state index is -0.612. The molecule has 0 N–H and O–H groups in total. The molecule has 0 bridgehead atoms. The van der Waals surface area contributed by atoms with E-state index in [1.165, 1.54) is 12.8 Å². The number of nitriles is 1. The third kappa shape index (κ3) is 2.91. The van der Waals surface area contributed by atoms with Gasteiger partial charge in [-0.2, -0.15) is 5.26 Å². The van der Waals surface area contributed by atoms with Crippen LogP contribution in [0, 0.1) is 17.2 Å². The van der Waals surface area contributed by atoms with Crippen LogP contribution in [-0.4, -0.2) is 10.8 Å². The Morgan fingerprint density at radius 3 is 2.65 bits per heavy atom. The topological polar surface area (TPSA) is 53.8 Å². The molecule has 88 valence electrons. The minimum Gasteiger partial charge on any atom is -0.298 e. The number of Topliss-reactive ketones (excluding diaryl/α,β-unsaturated/α-hetero) is 1. The monoisotopic (exact) mass is 228 g/mol. The number of aromatic nitrogens is 1. The lowest BCUT2D eigenvalue weighted by molar-refractivity contribution is -0.120. The molecule has 0 saturated heterocycles. The average molecular weight is 228 g/mol. The van der Waals surface area contributed by atoms with Crippen LogP contribution in [0.3, 0.4) is 0 Å². The standard InChI is InChI=1S/C14H16N2O/c15-10-13(12-5-7-16-8-6-12)14(17)9-11-3-1-2-4-11/h5-8,11,13H,1-4,9H2. The molecule has 1 heterocycles. The molecule has 1 atom stereocenters. The fourth-order valence-electron chi connectivity index (χ4n) is 2.51. The third-order valence-corrected chi connectivity index (χ3v) is 3.46. The van der Waals surface area contributed by atoms with Gasteiger partial charge in [0.2, 0.25) is 0 Å². The van der Waals surface area contributed by atoms with Crippen LogP contribution >= 0.6 is 0 Å². The zero-order valence-electron chi connectivity index (χ0n) is 9.80. The first-order valence-electron chi connectivity index (χ1n) is 6.13. The second-order valence-corrected chi connectivity index (χ2v) is 4.66. The van der Waals surface area contributed by atoms with Crippen LogP contribution in [-0.2, 0) is 4.79 Å². The van der Waals surface area contributed by atoms with E-state index < -0.39 is 5.92 Å². The summed E-state index contributed by atoms with van der Waals surface area (Å²) in [5, 5.41) is 9.13. The van der Waals surface area contributed by atoms with Crippen molar-refractivity contribution in [3.05, 3.63) is 30.1 Å². The Morgan fingerprint density at radius 2 is 2.06 bits per heavy atom. The van der Waals surface area contributed by atoms with E-state index in [-0.39, 0.29) is 5.78 Å². The number of ketones is 1. The maximum Gasteiger partial charge on any atom is 0.154 e. The Balaban J connectivity index is 2.03. The first kappa shape index (κ1) is 11.8. The molecule has 1 aliphatic rings. The van der Waals surface area contributed by atoms with Crippen LogP contribution < -0.4 is 0 Å². The normalized spacial score (nSPS) is 17.6.